The fraction of sp³-hybridized carbons (Fsp3) is 0.333. The molecular formula is C21H24ClFN2O3. The highest BCUT2D eigenvalue weighted by atomic mass is 35.5. The van der Waals surface area contributed by atoms with Crippen molar-refractivity contribution in [3.05, 3.63) is 65.4 Å². The number of hydrogen-bond acceptors (Lipinski definition) is 4. The van der Waals surface area contributed by atoms with Crippen molar-refractivity contribution in [2.75, 3.05) is 13.2 Å². The van der Waals surface area contributed by atoms with Crippen LogP contribution in [0.1, 0.15) is 47.4 Å². The van der Waals surface area contributed by atoms with Gasteiger partial charge in [-0.2, -0.15) is 0 Å². The Kier molecular flexibility index (Phi) is 7.54. The maximum atomic E-state index is 13.2. The van der Waals surface area contributed by atoms with E-state index in [0.29, 0.717) is 35.8 Å². The van der Waals surface area contributed by atoms with Crippen LogP contribution in [0.25, 0.3) is 5.65 Å². The Labute approximate surface area is 169 Å². The van der Waals surface area contributed by atoms with Gasteiger partial charge in [-0.3, -0.25) is 9.20 Å². The van der Waals surface area contributed by atoms with Gasteiger partial charge in [-0.25, -0.2) is 9.37 Å². The van der Waals surface area contributed by atoms with Crippen molar-refractivity contribution in [2.24, 2.45) is 0 Å². The lowest BCUT2D eigenvalue weighted by atomic mass is 9.90. The molecule has 1 atom stereocenters. The van der Waals surface area contributed by atoms with Crippen molar-refractivity contribution in [1.29, 1.82) is 0 Å². The Morgan fingerprint density at radius 2 is 2.00 bits per heavy atom. The van der Waals surface area contributed by atoms with E-state index < -0.39 is 0 Å². The van der Waals surface area contributed by atoms with Gasteiger partial charge in [-0.15, -0.1) is 12.4 Å². The number of aliphatic hydroxyl groups excluding tert-OH is 1. The molecule has 0 unspecified atom stereocenters. The molecule has 5 nitrogen and oxygen atoms in total. The number of benzene rings is 1. The van der Waals surface area contributed by atoms with Gasteiger partial charge in [0.1, 0.15) is 11.5 Å². The molecule has 28 heavy (non-hydrogen) atoms. The van der Waals surface area contributed by atoms with Crippen molar-refractivity contribution in [2.45, 2.75) is 32.6 Å². The van der Waals surface area contributed by atoms with E-state index in [1.807, 2.05) is 19.1 Å². The second kappa shape index (κ2) is 9.66. The number of rotatable bonds is 8. The van der Waals surface area contributed by atoms with Crippen molar-refractivity contribution >= 4 is 23.8 Å². The summed E-state index contributed by atoms with van der Waals surface area (Å²) in [6, 6.07) is 9.72. The van der Waals surface area contributed by atoms with Crippen LogP contribution in [0.5, 0.6) is 5.75 Å². The number of halogens is 2. The van der Waals surface area contributed by atoms with Gasteiger partial charge in [0.05, 0.1) is 12.3 Å². The lowest BCUT2D eigenvalue weighted by Gasteiger charge is -2.16. The molecule has 0 spiro atoms. The third-order valence-electron chi connectivity index (χ3n) is 4.60. The third-order valence-corrected chi connectivity index (χ3v) is 4.60. The minimum absolute atomic E-state index is 0. The number of aryl methyl sites for hydroxylation is 1. The normalized spacial score (nSPS) is 11.9. The molecule has 0 amide bonds. The molecule has 2 heterocycles. The number of ketones is 1. The molecule has 2 aromatic heterocycles. The zero-order chi connectivity index (χ0) is 19.4. The first-order chi connectivity index (χ1) is 13.0. The Balaban J connectivity index is 0.00000280. The topological polar surface area (TPSA) is 63.8 Å². The van der Waals surface area contributed by atoms with Gasteiger partial charge in [-0.1, -0.05) is 12.1 Å². The highest BCUT2D eigenvalue weighted by Crippen LogP contribution is 2.28. The fourth-order valence-corrected chi connectivity index (χ4v) is 3.36. The molecule has 1 N–H and O–H groups in total. The Bertz CT molecular complexity index is 941. The summed E-state index contributed by atoms with van der Waals surface area (Å²) in [6.45, 7) is 4.16. The van der Waals surface area contributed by atoms with E-state index in [-0.39, 0.29) is 43.0 Å². The molecule has 0 radical (unpaired) electrons. The quantitative estimate of drug-likeness (QED) is 0.565. The van der Waals surface area contributed by atoms with E-state index in [4.69, 9.17) is 4.74 Å². The van der Waals surface area contributed by atoms with Gasteiger partial charge in [0.2, 0.25) is 0 Å². The summed E-state index contributed by atoms with van der Waals surface area (Å²) in [4.78, 5) is 17.6. The van der Waals surface area contributed by atoms with Gasteiger partial charge in [0, 0.05) is 19.2 Å². The van der Waals surface area contributed by atoms with Crippen LogP contribution in [0.3, 0.4) is 0 Å². The molecule has 3 aromatic rings. The number of Topliss-reactive ketones (excluding diaryl/α,β-unsaturated/α-hetero) is 1. The highest BCUT2D eigenvalue weighted by Gasteiger charge is 2.23. The number of aliphatic hydroxyl groups is 1. The SMILES string of the molecule is CCOc1cccn2c(C(=O)C[C@H](CCO)c3ccc(F)cc3)c(C)nc12.Cl. The molecule has 150 valence electrons. The summed E-state index contributed by atoms with van der Waals surface area (Å²) < 4.78 is 20.6. The first-order valence-electron chi connectivity index (χ1n) is 9.05. The van der Waals surface area contributed by atoms with Crippen LogP contribution in [-0.4, -0.2) is 33.5 Å². The van der Waals surface area contributed by atoms with Crippen LogP contribution in [0.15, 0.2) is 42.6 Å². The van der Waals surface area contributed by atoms with Crippen molar-refractivity contribution in [3.63, 3.8) is 0 Å². The number of nitrogens with zero attached hydrogens (tertiary/aromatic N) is 2. The minimum atomic E-state index is -0.325. The fourth-order valence-electron chi connectivity index (χ4n) is 3.36. The lowest BCUT2D eigenvalue weighted by Crippen LogP contribution is -2.12. The number of fused-ring (bicyclic) bond motifs is 1. The monoisotopic (exact) mass is 406 g/mol. The Morgan fingerprint density at radius 3 is 2.64 bits per heavy atom. The molecule has 0 fully saturated rings. The van der Waals surface area contributed by atoms with Gasteiger partial charge >= 0.3 is 0 Å². The van der Waals surface area contributed by atoms with Crippen molar-refractivity contribution in [3.8, 4) is 5.75 Å². The molecule has 0 aliphatic rings. The number of aromatic nitrogens is 2. The second-order valence-electron chi connectivity index (χ2n) is 6.43. The summed E-state index contributed by atoms with van der Waals surface area (Å²) in [5.74, 6) is 0.0426. The number of pyridine rings is 1. The van der Waals surface area contributed by atoms with E-state index in [0.717, 1.165) is 5.56 Å². The standard InChI is InChI=1S/C21H23FN2O3.ClH/c1-3-27-19-5-4-11-24-20(14(2)23-21(19)24)18(26)13-16(10-12-25)15-6-8-17(22)9-7-15;/h4-9,11,16,25H,3,10,12-13H2,1-2H3;1H/t16-;/m0./s1. The third kappa shape index (κ3) is 4.51. The van der Waals surface area contributed by atoms with Gasteiger partial charge in [-0.05, 0) is 56.0 Å². The number of carbonyl (C=O) groups excluding carboxylic acids is 1. The molecule has 3 rings (SSSR count). The summed E-state index contributed by atoms with van der Waals surface area (Å²) in [5.41, 5.74) is 2.59. The lowest BCUT2D eigenvalue weighted by molar-refractivity contribution is 0.0963. The summed E-state index contributed by atoms with van der Waals surface area (Å²) in [6.07, 6.45) is 2.43. The molecule has 7 heteroatoms. The molecule has 1 aromatic carbocycles. The summed E-state index contributed by atoms with van der Waals surface area (Å²) >= 11 is 0. The van der Waals surface area contributed by atoms with Gasteiger partial charge in [0.25, 0.3) is 0 Å². The Hall–Kier alpha value is -2.44. The zero-order valence-corrected chi connectivity index (χ0v) is 16.7. The van der Waals surface area contributed by atoms with Crippen LogP contribution in [0, 0.1) is 12.7 Å². The molecule has 0 aliphatic carbocycles. The Morgan fingerprint density at radius 1 is 1.29 bits per heavy atom. The molecule has 0 aliphatic heterocycles. The number of carbonyl (C=O) groups is 1. The van der Waals surface area contributed by atoms with Crippen LogP contribution in [0.2, 0.25) is 0 Å². The maximum Gasteiger partial charge on any atom is 0.182 e. The molecule has 0 saturated carbocycles. The van der Waals surface area contributed by atoms with Crippen LogP contribution in [-0.2, 0) is 0 Å². The summed E-state index contributed by atoms with van der Waals surface area (Å²) in [5, 5.41) is 9.40. The van der Waals surface area contributed by atoms with E-state index in [2.05, 4.69) is 4.98 Å². The van der Waals surface area contributed by atoms with Gasteiger partial charge < -0.3 is 9.84 Å². The van der Waals surface area contributed by atoms with Crippen LogP contribution >= 0.6 is 12.4 Å². The number of ether oxygens (including phenoxy) is 1. The molecular weight excluding hydrogens is 383 g/mol. The maximum absolute atomic E-state index is 13.2. The van der Waals surface area contributed by atoms with Gasteiger partial charge in [0.15, 0.2) is 17.2 Å². The average molecular weight is 407 g/mol. The smallest absolute Gasteiger partial charge is 0.182 e. The van der Waals surface area contributed by atoms with E-state index in [1.54, 1.807) is 29.7 Å². The zero-order valence-electron chi connectivity index (χ0n) is 15.9. The first-order valence-corrected chi connectivity index (χ1v) is 9.05. The summed E-state index contributed by atoms with van der Waals surface area (Å²) in [7, 11) is 0. The number of imidazole rings is 1. The van der Waals surface area contributed by atoms with Crippen LogP contribution in [0.4, 0.5) is 4.39 Å². The van der Waals surface area contributed by atoms with E-state index >= 15 is 0 Å². The minimum Gasteiger partial charge on any atom is -0.490 e. The van der Waals surface area contributed by atoms with Crippen LogP contribution < -0.4 is 4.74 Å². The highest BCUT2D eigenvalue weighted by molar-refractivity contribution is 5.97. The predicted octanol–water partition coefficient (Wildman–Crippen LogP) is 4.34. The first kappa shape index (κ1) is 21.9. The predicted molar refractivity (Wildman–Crippen MR) is 108 cm³/mol. The van der Waals surface area contributed by atoms with Crippen molar-refractivity contribution < 1.29 is 19.0 Å². The number of hydrogen-bond donors (Lipinski definition) is 1. The van der Waals surface area contributed by atoms with Crippen molar-refractivity contribution in [1.82, 2.24) is 9.38 Å². The van der Waals surface area contributed by atoms with E-state index in [9.17, 15) is 14.3 Å². The largest absolute Gasteiger partial charge is 0.490 e. The van der Waals surface area contributed by atoms with E-state index in [1.165, 1.54) is 12.1 Å². The average Bonchev–Trinajstić information content (AvgIpc) is 2.99. The molecule has 0 bridgehead atoms. The second-order valence-corrected chi connectivity index (χ2v) is 6.43. The molecule has 0 saturated heterocycles.